The van der Waals surface area contributed by atoms with Gasteiger partial charge in [-0.25, -0.2) is 9.18 Å². The van der Waals surface area contributed by atoms with Gasteiger partial charge >= 0.3 is 5.97 Å². The summed E-state index contributed by atoms with van der Waals surface area (Å²) in [6.07, 6.45) is 1.82. The molecule has 102 valence electrons. The van der Waals surface area contributed by atoms with E-state index in [2.05, 4.69) is 0 Å². The first-order valence-electron chi connectivity index (χ1n) is 6.11. The minimum atomic E-state index is -1.08. The lowest BCUT2D eigenvalue weighted by Gasteiger charge is -2.02. The molecule has 0 radical (unpaired) electrons. The zero-order chi connectivity index (χ0) is 14.3. The van der Waals surface area contributed by atoms with Gasteiger partial charge < -0.3 is 14.1 Å². The second kappa shape index (κ2) is 4.52. The van der Waals surface area contributed by atoms with Gasteiger partial charge in [0.25, 0.3) is 0 Å². The number of rotatable bonds is 3. The first-order chi connectivity index (χ1) is 9.54. The highest BCUT2D eigenvalue weighted by molar-refractivity contribution is 5.86. The van der Waals surface area contributed by atoms with Crippen molar-refractivity contribution in [3.05, 3.63) is 59.4 Å². The molecule has 0 atom stereocenters. The number of fused-ring (bicyclic) bond motifs is 1. The molecule has 0 aliphatic heterocycles. The third-order valence-corrected chi connectivity index (χ3v) is 3.22. The van der Waals surface area contributed by atoms with E-state index >= 15 is 0 Å². The van der Waals surface area contributed by atoms with Crippen LogP contribution in [0.5, 0.6) is 0 Å². The number of nitrogens with zero attached hydrogens (tertiary/aromatic N) is 1. The van der Waals surface area contributed by atoms with Crippen LogP contribution < -0.4 is 0 Å². The van der Waals surface area contributed by atoms with Crippen LogP contribution in [0.2, 0.25) is 0 Å². The number of furan rings is 1. The van der Waals surface area contributed by atoms with Gasteiger partial charge in [-0.2, -0.15) is 0 Å². The molecule has 0 fully saturated rings. The van der Waals surface area contributed by atoms with Crippen molar-refractivity contribution in [3.63, 3.8) is 0 Å². The molecule has 4 nitrogen and oxygen atoms in total. The Morgan fingerprint density at radius 2 is 2.15 bits per heavy atom. The summed E-state index contributed by atoms with van der Waals surface area (Å²) in [5.41, 5.74) is 1.47. The van der Waals surface area contributed by atoms with Gasteiger partial charge in [-0.1, -0.05) is 0 Å². The van der Waals surface area contributed by atoms with Gasteiger partial charge in [-0.05, 0) is 37.3 Å². The minimum absolute atomic E-state index is 0.0393. The number of carboxylic acids is 1. The summed E-state index contributed by atoms with van der Waals surface area (Å²) in [7, 11) is 0. The van der Waals surface area contributed by atoms with Crippen molar-refractivity contribution < 1.29 is 18.7 Å². The van der Waals surface area contributed by atoms with Crippen molar-refractivity contribution >= 4 is 16.9 Å². The van der Waals surface area contributed by atoms with E-state index in [1.807, 2.05) is 16.8 Å². The first kappa shape index (κ1) is 12.5. The second-order valence-corrected chi connectivity index (χ2v) is 4.68. The molecule has 1 aromatic carbocycles. The van der Waals surface area contributed by atoms with Crippen molar-refractivity contribution in [2.24, 2.45) is 0 Å². The fourth-order valence-corrected chi connectivity index (χ4v) is 2.32. The topological polar surface area (TPSA) is 55.4 Å². The van der Waals surface area contributed by atoms with Crippen molar-refractivity contribution in [3.8, 4) is 0 Å². The third-order valence-electron chi connectivity index (χ3n) is 3.22. The Kier molecular flexibility index (Phi) is 2.82. The lowest BCUT2D eigenvalue weighted by molar-refractivity contribution is 0.0659. The smallest absolute Gasteiger partial charge is 0.372 e. The summed E-state index contributed by atoms with van der Waals surface area (Å²) < 4.78 is 20.3. The Balaban J connectivity index is 1.97. The highest BCUT2D eigenvalue weighted by atomic mass is 19.1. The molecule has 0 spiro atoms. The summed E-state index contributed by atoms with van der Waals surface area (Å²) in [4.78, 5) is 10.9. The molecule has 0 aliphatic carbocycles. The molecule has 0 amide bonds. The van der Waals surface area contributed by atoms with Gasteiger partial charge in [-0.15, -0.1) is 0 Å². The predicted octanol–water partition coefficient (Wildman–Crippen LogP) is 3.43. The van der Waals surface area contributed by atoms with Gasteiger partial charge in [0.05, 0.1) is 6.54 Å². The summed E-state index contributed by atoms with van der Waals surface area (Å²) in [6, 6.07) is 8.07. The van der Waals surface area contributed by atoms with E-state index in [0.717, 1.165) is 10.9 Å². The maximum atomic E-state index is 13.1. The van der Waals surface area contributed by atoms with Crippen molar-refractivity contribution in [1.29, 1.82) is 0 Å². The largest absolute Gasteiger partial charge is 0.475 e. The number of aromatic nitrogens is 1. The standard InChI is InChI=1S/C15H12FNO3/c1-9-6-12(20-14(9)15(18)19)8-17-5-4-10-7-11(16)2-3-13(10)17/h2-7H,8H2,1H3,(H,18,19). The van der Waals surface area contributed by atoms with E-state index in [1.54, 1.807) is 19.1 Å². The van der Waals surface area contributed by atoms with Gasteiger partial charge in [0, 0.05) is 22.7 Å². The molecule has 0 unspecified atom stereocenters. The van der Waals surface area contributed by atoms with E-state index in [4.69, 9.17) is 9.52 Å². The summed E-state index contributed by atoms with van der Waals surface area (Å²) in [5.74, 6) is -0.838. The Hall–Kier alpha value is -2.56. The predicted molar refractivity (Wildman–Crippen MR) is 71.4 cm³/mol. The van der Waals surface area contributed by atoms with Crippen LogP contribution in [0.3, 0.4) is 0 Å². The molecule has 20 heavy (non-hydrogen) atoms. The van der Waals surface area contributed by atoms with Gasteiger partial charge in [-0.3, -0.25) is 0 Å². The molecule has 3 rings (SSSR count). The Labute approximate surface area is 114 Å². The monoisotopic (exact) mass is 273 g/mol. The fraction of sp³-hybridized carbons (Fsp3) is 0.133. The Bertz CT molecular complexity index is 801. The first-order valence-corrected chi connectivity index (χ1v) is 6.11. The second-order valence-electron chi connectivity index (χ2n) is 4.68. The van der Waals surface area contributed by atoms with Crippen LogP contribution >= 0.6 is 0 Å². The number of carboxylic acid groups (broad SMARTS) is 1. The minimum Gasteiger partial charge on any atom is -0.475 e. The van der Waals surface area contributed by atoms with Crippen LogP contribution in [0, 0.1) is 12.7 Å². The molecule has 0 saturated carbocycles. The molecule has 0 saturated heterocycles. The number of aromatic carboxylic acids is 1. The Morgan fingerprint density at radius 3 is 2.85 bits per heavy atom. The molecular weight excluding hydrogens is 261 g/mol. The normalized spacial score (nSPS) is 11.1. The summed E-state index contributed by atoms with van der Waals surface area (Å²) >= 11 is 0. The molecule has 3 aromatic rings. The molecule has 5 heteroatoms. The molecule has 0 bridgehead atoms. The Morgan fingerprint density at radius 1 is 1.35 bits per heavy atom. The highest BCUT2D eigenvalue weighted by Crippen LogP contribution is 2.21. The van der Waals surface area contributed by atoms with Gasteiger partial charge in [0.15, 0.2) is 0 Å². The number of aryl methyl sites for hydroxylation is 1. The maximum Gasteiger partial charge on any atom is 0.372 e. The fourth-order valence-electron chi connectivity index (χ4n) is 2.32. The summed E-state index contributed by atoms with van der Waals surface area (Å²) in [5, 5.41) is 9.76. The van der Waals surface area contributed by atoms with E-state index < -0.39 is 5.97 Å². The number of halogens is 1. The van der Waals surface area contributed by atoms with Gasteiger partial charge in [0.2, 0.25) is 5.76 Å². The third kappa shape index (κ3) is 2.07. The average Bonchev–Trinajstić information content (AvgIpc) is 2.94. The number of benzene rings is 1. The zero-order valence-corrected chi connectivity index (χ0v) is 10.8. The van der Waals surface area contributed by atoms with Crippen LogP contribution in [-0.4, -0.2) is 15.6 Å². The quantitative estimate of drug-likeness (QED) is 0.795. The van der Waals surface area contributed by atoms with Crippen LogP contribution in [0.4, 0.5) is 4.39 Å². The van der Waals surface area contributed by atoms with Crippen LogP contribution in [0.25, 0.3) is 10.9 Å². The lowest BCUT2D eigenvalue weighted by Crippen LogP contribution is -1.97. The van der Waals surface area contributed by atoms with E-state index in [1.165, 1.54) is 12.1 Å². The number of carbonyl (C=O) groups is 1. The van der Waals surface area contributed by atoms with E-state index in [-0.39, 0.29) is 11.6 Å². The SMILES string of the molecule is Cc1cc(Cn2ccc3cc(F)ccc32)oc1C(=O)O. The van der Waals surface area contributed by atoms with E-state index in [9.17, 15) is 9.18 Å². The molecular formula is C15H12FNO3. The van der Waals surface area contributed by atoms with Crippen LogP contribution in [0.1, 0.15) is 21.9 Å². The number of hydrogen-bond acceptors (Lipinski definition) is 2. The summed E-state index contributed by atoms with van der Waals surface area (Å²) in [6.45, 7) is 2.10. The molecule has 2 heterocycles. The van der Waals surface area contributed by atoms with Crippen LogP contribution in [-0.2, 0) is 6.54 Å². The lowest BCUT2D eigenvalue weighted by atomic mass is 10.2. The van der Waals surface area contributed by atoms with Crippen molar-refractivity contribution in [2.75, 3.05) is 0 Å². The highest BCUT2D eigenvalue weighted by Gasteiger charge is 2.14. The zero-order valence-electron chi connectivity index (χ0n) is 10.8. The number of hydrogen-bond donors (Lipinski definition) is 1. The van der Waals surface area contributed by atoms with E-state index in [0.29, 0.717) is 17.9 Å². The molecule has 0 aliphatic rings. The average molecular weight is 273 g/mol. The van der Waals surface area contributed by atoms with Crippen molar-refractivity contribution in [1.82, 2.24) is 4.57 Å². The van der Waals surface area contributed by atoms with Crippen molar-refractivity contribution in [2.45, 2.75) is 13.5 Å². The molecule has 1 N–H and O–H groups in total. The van der Waals surface area contributed by atoms with Crippen LogP contribution in [0.15, 0.2) is 40.9 Å². The van der Waals surface area contributed by atoms with Gasteiger partial charge in [0.1, 0.15) is 11.6 Å². The molecule has 2 aromatic heterocycles. The maximum absolute atomic E-state index is 13.1.